The first kappa shape index (κ1) is 15.0. The Labute approximate surface area is 126 Å². The number of amides is 1. The van der Waals surface area contributed by atoms with Crippen LogP contribution in [0.1, 0.15) is 28.1 Å². The van der Waals surface area contributed by atoms with Crippen LogP contribution in [-0.4, -0.2) is 38.3 Å². The first-order valence-corrected chi connectivity index (χ1v) is 8.14. The van der Waals surface area contributed by atoms with Gasteiger partial charge in [-0.3, -0.25) is 4.79 Å². The maximum Gasteiger partial charge on any atom is 0.261 e. The summed E-state index contributed by atoms with van der Waals surface area (Å²) in [6.07, 6.45) is 2.46. The minimum absolute atomic E-state index is 0.0206. The maximum absolute atomic E-state index is 11.9. The van der Waals surface area contributed by atoms with Crippen LogP contribution in [0.4, 0.5) is 0 Å². The Morgan fingerprint density at radius 2 is 2.32 bits per heavy atom. The molecule has 2 heterocycles. The number of hydrogen-bond donors (Lipinski definition) is 2. The smallest absolute Gasteiger partial charge is 0.261 e. The van der Waals surface area contributed by atoms with Crippen LogP contribution in [-0.2, 0) is 4.74 Å². The number of piperidine rings is 1. The van der Waals surface area contributed by atoms with E-state index in [-0.39, 0.29) is 5.91 Å². The van der Waals surface area contributed by atoms with Gasteiger partial charge in [0.1, 0.15) is 0 Å². The highest BCUT2D eigenvalue weighted by molar-refractivity contribution is 9.11. The van der Waals surface area contributed by atoms with E-state index in [0.29, 0.717) is 19.3 Å². The van der Waals surface area contributed by atoms with E-state index in [1.165, 1.54) is 11.3 Å². The number of carbonyl (C=O) groups is 1. The van der Waals surface area contributed by atoms with Crippen molar-refractivity contribution in [3.05, 3.63) is 20.3 Å². The average Bonchev–Trinajstić information content (AvgIpc) is 2.76. The van der Waals surface area contributed by atoms with E-state index in [9.17, 15) is 4.79 Å². The zero-order valence-electron chi connectivity index (χ0n) is 11.0. The summed E-state index contributed by atoms with van der Waals surface area (Å²) in [6, 6.07) is 1.90. The third-order valence-electron chi connectivity index (χ3n) is 3.11. The second kappa shape index (κ2) is 7.38. The monoisotopic (exact) mass is 346 g/mol. The molecule has 0 atom stereocenters. The Balaban J connectivity index is 1.66. The number of halogens is 1. The molecule has 1 fully saturated rings. The van der Waals surface area contributed by atoms with Crippen LogP contribution in [0.15, 0.2) is 9.85 Å². The van der Waals surface area contributed by atoms with E-state index < -0.39 is 0 Å². The predicted molar refractivity (Wildman–Crippen MR) is 80.9 cm³/mol. The van der Waals surface area contributed by atoms with Crippen molar-refractivity contribution in [2.75, 3.05) is 26.2 Å². The van der Waals surface area contributed by atoms with Crippen molar-refractivity contribution >= 4 is 33.2 Å². The van der Waals surface area contributed by atoms with E-state index in [1.807, 2.05) is 13.0 Å². The molecule has 4 nitrogen and oxygen atoms in total. The van der Waals surface area contributed by atoms with Gasteiger partial charge in [0.25, 0.3) is 5.91 Å². The quantitative estimate of drug-likeness (QED) is 0.804. The van der Waals surface area contributed by atoms with Crippen LogP contribution in [0.25, 0.3) is 0 Å². The molecule has 106 valence electrons. The van der Waals surface area contributed by atoms with Gasteiger partial charge in [0, 0.05) is 6.54 Å². The molecule has 1 aliphatic heterocycles. The van der Waals surface area contributed by atoms with Crippen molar-refractivity contribution in [2.45, 2.75) is 25.9 Å². The van der Waals surface area contributed by atoms with Crippen molar-refractivity contribution in [1.82, 2.24) is 10.6 Å². The predicted octanol–water partition coefficient (Wildman–Crippen LogP) is 2.32. The van der Waals surface area contributed by atoms with Gasteiger partial charge in [-0.05, 0) is 60.4 Å². The van der Waals surface area contributed by atoms with Gasteiger partial charge >= 0.3 is 0 Å². The fourth-order valence-corrected chi connectivity index (χ4v) is 3.46. The third-order valence-corrected chi connectivity index (χ3v) is 5.24. The van der Waals surface area contributed by atoms with Crippen LogP contribution in [0.5, 0.6) is 0 Å². The standard InChI is InChI=1S/C13H19BrN2O2S/c1-9-8-11(19-12(9)14)13(17)16-6-7-18-10-2-4-15-5-3-10/h8,10,15H,2-7H2,1H3,(H,16,17). The highest BCUT2D eigenvalue weighted by atomic mass is 79.9. The van der Waals surface area contributed by atoms with Crippen molar-refractivity contribution in [3.8, 4) is 0 Å². The maximum atomic E-state index is 11.9. The normalized spacial score (nSPS) is 16.5. The summed E-state index contributed by atoms with van der Waals surface area (Å²) in [5.41, 5.74) is 1.10. The topological polar surface area (TPSA) is 50.4 Å². The van der Waals surface area contributed by atoms with E-state index in [0.717, 1.165) is 40.2 Å². The lowest BCUT2D eigenvalue weighted by atomic mass is 10.1. The zero-order valence-corrected chi connectivity index (χ0v) is 13.4. The largest absolute Gasteiger partial charge is 0.376 e. The lowest BCUT2D eigenvalue weighted by Crippen LogP contribution is -2.34. The Hall–Kier alpha value is -0.430. The molecule has 0 spiro atoms. The van der Waals surface area contributed by atoms with Gasteiger partial charge < -0.3 is 15.4 Å². The molecule has 2 N–H and O–H groups in total. The minimum atomic E-state index is -0.0206. The fraction of sp³-hybridized carbons (Fsp3) is 0.615. The van der Waals surface area contributed by atoms with Crippen LogP contribution in [0.3, 0.4) is 0 Å². The molecule has 1 aromatic rings. The van der Waals surface area contributed by atoms with Crippen LogP contribution < -0.4 is 10.6 Å². The third kappa shape index (κ3) is 4.56. The fourth-order valence-electron chi connectivity index (χ4n) is 2.01. The number of hydrogen-bond acceptors (Lipinski definition) is 4. The van der Waals surface area contributed by atoms with E-state index in [4.69, 9.17) is 4.74 Å². The summed E-state index contributed by atoms with van der Waals surface area (Å²) < 4.78 is 6.75. The molecule has 1 amide bonds. The van der Waals surface area contributed by atoms with E-state index in [2.05, 4.69) is 26.6 Å². The van der Waals surface area contributed by atoms with E-state index in [1.54, 1.807) is 0 Å². The summed E-state index contributed by atoms with van der Waals surface area (Å²) in [7, 11) is 0. The second-order valence-electron chi connectivity index (χ2n) is 4.64. The molecule has 0 saturated carbocycles. The van der Waals surface area contributed by atoms with Crippen molar-refractivity contribution in [2.24, 2.45) is 0 Å². The molecule has 2 rings (SSSR count). The summed E-state index contributed by atoms with van der Waals surface area (Å²) in [6.45, 7) is 5.19. The van der Waals surface area contributed by atoms with Crippen molar-refractivity contribution in [1.29, 1.82) is 0 Å². The molecule has 1 aromatic heterocycles. The molecule has 0 radical (unpaired) electrons. The number of aryl methyl sites for hydroxylation is 1. The highest BCUT2D eigenvalue weighted by Crippen LogP contribution is 2.27. The van der Waals surface area contributed by atoms with E-state index >= 15 is 0 Å². The van der Waals surface area contributed by atoms with Crippen molar-refractivity contribution < 1.29 is 9.53 Å². The van der Waals surface area contributed by atoms with Crippen LogP contribution in [0.2, 0.25) is 0 Å². The molecule has 6 heteroatoms. The molecule has 19 heavy (non-hydrogen) atoms. The number of nitrogens with one attached hydrogen (secondary N) is 2. The Morgan fingerprint density at radius 3 is 2.95 bits per heavy atom. The zero-order chi connectivity index (χ0) is 13.7. The van der Waals surface area contributed by atoms with Gasteiger partial charge in [-0.1, -0.05) is 0 Å². The summed E-state index contributed by atoms with van der Waals surface area (Å²) in [4.78, 5) is 12.6. The molecular weight excluding hydrogens is 328 g/mol. The number of carbonyl (C=O) groups excluding carboxylic acids is 1. The average molecular weight is 347 g/mol. The highest BCUT2D eigenvalue weighted by Gasteiger charge is 2.14. The van der Waals surface area contributed by atoms with Gasteiger partial charge in [-0.25, -0.2) is 0 Å². The first-order valence-electron chi connectivity index (χ1n) is 6.53. The summed E-state index contributed by atoms with van der Waals surface area (Å²) in [5, 5.41) is 6.19. The SMILES string of the molecule is Cc1cc(C(=O)NCCOC2CCNCC2)sc1Br. The van der Waals surface area contributed by atoms with Crippen LogP contribution in [0, 0.1) is 6.92 Å². The molecule has 0 unspecified atom stereocenters. The van der Waals surface area contributed by atoms with Crippen molar-refractivity contribution in [3.63, 3.8) is 0 Å². The Bertz CT molecular complexity index is 411. The molecule has 1 saturated heterocycles. The van der Waals surface area contributed by atoms with Gasteiger partial charge in [0.05, 0.1) is 21.4 Å². The second-order valence-corrected chi connectivity index (χ2v) is 7.01. The van der Waals surface area contributed by atoms with Gasteiger partial charge in [-0.15, -0.1) is 11.3 Å². The Morgan fingerprint density at radius 1 is 1.58 bits per heavy atom. The van der Waals surface area contributed by atoms with Crippen LogP contribution >= 0.6 is 27.3 Å². The minimum Gasteiger partial charge on any atom is -0.376 e. The Kier molecular flexibility index (Phi) is 5.81. The number of rotatable bonds is 5. The van der Waals surface area contributed by atoms with Gasteiger partial charge in [0.15, 0.2) is 0 Å². The lowest BCUT2D eigenvalue weighted by Gasteiger charge is -2.22. The van der Waals surface area contributed by atoms with Gasteiger partial charge in [0.2, 0.25) is 0 Å². The summed E-state index contributed by atoms with van der Waals surface area (Å²) in [5.74, 6) is -0.0206. The molecule has 1 aliphatic rings. The molecule has 0 aliphatic carbocycles. The molecule has 0 bridgehead atoms. The number of thiophene rings is 1. The summed E-state index contributed by atoms with van der Waals surface area (Å²) >= 11 is 4.89. The van der Waals surface area contributed by atoms with Gasteiger partial charge in [-0.2, -0.15) is 0 Å². The number of ether oxygens (including phenoxy) is 1. The molecular formula is C13H19BrN2O2S. The first-order chi connectivity index (χ1) is 9.16. The lowest BCUT2D eigenvalue weighted by molar-refractivity contribution is 0.0343. The molecule has 0 aromatic carbocycles.